The molecule has 0 fully saturated rings. The lowest BCUT2D eigenvalue weighted by atomic mass is 9.96. The molecule has 0 unspecified atom stereocenters. The van der Waals surface area contributed by atoms with Gasteiger partial charge in [0.15, 0.2) is 5.78 Å². The van der Waals surface area contributed by atoms with E-state index in [1.165, 1.54) is 28.2 Å². The molecule has 2 aromatic heterocycles. The van der Waals surface area contributed by atoms with E-state index in [9.17, 15) is 4.79 Å². The Kier molecular flexibility index (Phi) is 8.64. The van der Waals surface area contributed by atoms with Crippen LogP contribution in [-0.2, 0) is 0 Å². The Morgan fingerprint density at radius 1 is 0.969 bits per heavy atom. The molecule has 0 saturated carbocycles. The number of ketones is 1. The van der Waals surface area contributed by atoms with Crippen LogP contribution in [0, 0.1) is 5.92 Å². The molecule has 0 saturated heterocycles. The lowest BCUT2D eigenvalue weighted by Crippen LogP contribution is -2.26. The second-order valence-electron chi connectivity index (χ2n) is 7.49. The Labute approximate surface area is 207 Å². The van der Waals surface area contributed by atoms with Gasteiger partial charge in [0.1, 0.15) is 14.3 Å². The SMILES string of the molecule is CN(C)C(=S)SCC(CSC(=S)N(C)C)C(=O)c1c(-c2ccccc2)nn2ncccc12. The van der Waals surface area contributed by atoms with E-state index in [4.69, 9.17) is 24.4 Å². The molecule has 0 N–H and O–H groups in total. The number of nitrogens with zero attached hydrogens (tertiary/aromatic N) is 5. The Balaban J connectivity index is 2.00. The van der Waals surface area contributed by atoms with Crippen molar-refractivity contribution in [2.45, 2.75) is 0 Å². The summed E-state index contributed by atoms with van der Waals surface area (Å²) in [7, 11) is 7.64. The molecule has 3 aromatic rings. The third kappa shape index (κ3) is 5.86. The van der Waals surface area contributed by atoms with E-state index in [2.05, 4.69) is 10.2 Å². The number of benzene rings is 1. The quantitative estimate of drug-likeness (QED) is 0.346. The van der Waals surface area contributed by atoms with Crippen molar-refractivity contribution in [2.75, 3.05) is 39.7 Å². The van der Waals surface area contributed by atoms with Gasteiger partial charge in [0.2, 0.25) is 0 Å². The van der Waals surface area contributed by atoms with Gasteiger partial charge in [0.05, 0.1) is 11.1 Å². The molecule has 168 valence electrons. The molecule has 0 radical (unpaired) electrons. The van der Waals surface area contributed by atoms with Crippen molar-refractivity contribution in [1.82, 2.24) is 24.6 Å². The first-order valence-corrected chi connectivity index (χ1v) is 12.7. The van der Waals surface area contributed by atoms with Crippen LogP contribution in [0.4, 0.5) is 0 Å². The number of carbonyl (C=O) groups is 1. The number of thioether (sulfide) groups is 2. The van der Waals surface area contributed by atoms with Crippen LogP contribution in [0.3, 0.4) is 0 Å². The summed E-state index contributed by atoms with van der Waals surface area (Å²) in [6.07, 6.45) is 1.66. The molecule has 6 nitrogen and oxygen atoms in total. The predicted octanol–water partition coefficient (Wildman–Crippen LogP) is 4.35. The minimum Gasteiger partial charge on any atom is -0.364 e. The molecule has 3 rings (SSSR count). The first-order chi connectivity index (χ1) is 15.3. The largest absolute Gasteiger partial charge is 0.364 e. The molecule has 0 amide bonds. The maximum absolute atomic E-state index is 14.0. The summed E-state index contributed by atoms with van der Waals surface area (Å²) in [6.45, 7) is 0. The third-order valence-electron chi connectivity index (χ3n) is 4.63. The van der Waals surface area contributed by atoms with Crippen LogP contribution in [-0.4, -0.2) is 78.7 Å². The molecule has 2 heterocycles. The average molecular weight is 504 g/mol. The van der Waals surface area contributed by atoms with E-state index < -0.39 is 0 Å². The van der Waals surface area contributed by atoms with Gasteiger partial charge in [-0.1, -0.05) is 78.3 Å². The standard InChI is InChI=1S/C22H25N5OS4/c1-25(2)21(29)31-13-16(14-32-22(30)26(3)4)20(28)18-17-11-8-12-23-27(17)24-19(18)15-9-6-5-7-10-15/h5-12,16H,13-14H2,1-4H3. The highest BCUT2D eigenvalue weighted by atomic mass is 32.2. The monoisotopic (exact) mass is 503 g/mol. The van der Waals surface area contributed by atoms with Crippen LogP contribution < -0.4 is 0 Å². The number of hydrogen-bond acceptors (Lipinski definition) is 7. The smallest absolute Gasteiger partial charge is 0.172 e. The van der Waals surface area contributed by atoms with Crippen molar-refractivity contribution in [3.05, 3.63) is 54.2 Å². The van der Waals surface area contributed by atoms with Gasteiger partial charge in [-0.25, -0.2) is 0 Å². The number of carbonyl (C=O) groups excluding carboxylic acids is 1. The van der Waals surface area contributed by atoms with Gasteiger partial charge in [0, 0.05) is 57.4 Å². The van der Waals surface area contributed by atoms with Crippen LogP contribution in [0.5, 0.6) is 0 Å². The number of rotatable bonds is 7. The number of hydrogen-bond donors (Lipinski definition) is 0. The van der Waals surface area contributed by atoms with E-state index in [-0.39, 0.29) is 11.7 Å². The van der Waals surface area contributed by atoms with Crippen molar-refractivity contribution in [3.8, 4) is 11.3 Å². The minimum absolute atomic E-state index is 0.0231. The normalized spacial score (nSPS) is 11.0. The first-order valence-electron chi connectivity index (χ1n) is 9.91. The fourth-order valence-electron chi connectivity index (χ4n) is 2.94. The molecule has 0 aliphatic rings. The van der Waals surface area contributed by atoms with Gasteiger partial charge in [0.25, 0.3) is 0 Å². The maximum atomic E-state index is 14.0. The second-order valence-corrected chi connectivity index (χ2v) is 10.8. The predicted molar refractivity (Wildman–Crippen MR) is 144 cm³/mol. The van der Waals surface area contributed by atoms with Gasteiger partial charge >= 0.3 is 0 Å². The van der Waals surface area contributed by atoms with E-state index in [0.717, 1.165) is 14.2 Å². The lowest BCUT2D eigenvalue weighted by molar-refractivity contribution is 0.0946. The molecule has 0 spiro atoms. The van der Waals surface area contributed by atoms with E-state index in [0.29, 0.717) is 28.3 Å². The molecule has 0 bridgehead atoms. The number of fused-ring (bicyclic) bond motifs is 1. The summed E-state index contributed by atoms with van der Waals surface area (Å²) < 4.78 is 3.02. The summed E-state index contributed by atoms with van der Waals surface area (Å²) in [5.41, 5.74) is 2.80. The average Bonchev–Trinajstić information content (AvgIpc) is 3.18. The molecule has 0 aliphatic heterocycles. The lowest BCUT2D eigenvalue weighted by Gasteiger charge is -2.20. The van der Waals surface area contributed by atoms with Crippen LogP contribution in [0.15, 0.2) is 48.7 Å². The van der Waals surface area contributed by atoms with Crippen molar-refractivity contribution in [3.63, 3.8) is 0 Å². The Hall–Kier alpha value is -2.01. The van der Waals surface area contributed by atoms with Crippen molar-refractivity contribution in [1.29, 1.82) is 0 Å². The van der Waals surface area contributed by atoms with Crippen molar-refractivity contribution in [2.24, 2.45) is 5.92 Å². The summed E-state index contributed by atoms with van der Waals surface area (Å²) >= 11 is 13.9. The Morgan fingerprint density at radius 2 is 1.56 bits per heavy atom. The Morgan fingerprint density at radius 3 is 2.12 bits per heavy atom. The summed E-state index contributed by atoms with van der Waals surface area (Å²) in [5.74, 6) is 0.849. The highest BCUT2D eigenvalue weighted by Gasteiger charge is 2.29. The maximum Gasteiger partial charge on any atom is 0.172 e. The van der Waals surface area contributed by atoms with Gasteiger partial charge in [-0.15, -0.1) is 5.10 Å². The highest BCUT2D eigenvalue weighted by molar-refractivity contribution is 8.23. The van der Waals surface area contributed by atoms with Gasteiger partial charge in [-0.05, 0) is 12.1 Å². The van der Waals surface area contributed by atoms with Gasteiger partial charge in [-0.2, -0.15) is 9.73 Å². The minimum atomic E-state index is -0.295. The fourth-order valence-corrected chi connectivity index (χ4v) is 5.24. The molecule has 10 heteroatoms. The topological polar surface area (TPSA) is 53.7 Å². The van der Waals surface area contributed by atoms with E-state index in [1.54, 1.807) is 6.20 Å². The zero-order valence-electron chi connectivity index (χ0n) is 18.4. The van der Waals surface area contributed by atoms with Crippen LogP contribution in [0.1, 0.15) is 10.4 Å². The molecular formula is C22H25N5OS4. The molecule has 1 aromatic carbocycles. The summed E-state index contributed by atoms with van der Waals surface area (Å²) in [5, 5.41) is 8.95. The summed E-state index contributed by atoms with van der Waals surface area (Å²) in [6, 6.07) is 13.4. The van der Waals surface area contributed by atoms with Crippen LogP contribution >= 0.6 is 48.0 Å². The second kappa shape index (κ2) is 11.2. The zero-order valence-corrected chi connectivity index (χ0v) is 21.7. The van der Waals surface area contributed by atoms with Crippen LogP contribution in [0.2, 0.25) is 0 Å². The van der Waals surface area contributed by atoms with Crippen molar-refractivity contribution >= 4 is 67.9 Å². The first kappa shape index (κ1) is 24.6. The molecule has 0 aliphatic carbocycles. The third-order valence-corrected chi connectivity index (χ3v) is 8.43. The highest BCUT2D eigenvalue weighted by Crippen LogP contribution is 2.30. The van der Waals surface area contributed by atoms with E-state index in [1.807, 2.05) is 80.5 Å². The van der Waals surface area contributed by atoms with Crippen molar-refractivity contribution < 1.29 is 4.79 Å². The van der Waals surface area contributed by atoms with E-state index >= 15 is 0 Å². The Bertz CT molecular complexity index is 1090. The summed E-state index contributed by atoms with van der Waals surface area (Å²) in [4.78, 5) is 17.7. The zero-order chi connectivity index (χ0) is 23.3. The van der Waals surface area contributed by atoms with Gasteiger partial charge < -0.3 is 9.80 Å². The number of Topliss-reactive ketones (excluding diaryl/α,β-unsaturated/α-hetero) is 1. The number of aromatic nitrogens is 3. The molecule has 0 atom stereocenters. The fraction of sp³-hybridized carbons (Fsp3) is 0.318. The van der Waals surface area contributed by atoms with Crippen LogP contribution in [0.25, 0.3) is 16.8 Å². The van der Waals surface area contributed by atoms with Gasteiger partial charge in [-0.3, -0.25) is 4.79 Å². The molecular weight excluding hydrogens is 479 g/mol. The molecule has 32 heavy (non-hydrogen) atoms. The number of thiocarbonyl (C=S) groups is 2.